The molecule has 5 nitrogen and oxygen atoms in total. The van der Waals surface area contributed by atoms with Gasteiger partial charge in [-0.3, -0.25) is 14.9 Å². The fraction of sp³-hybridized carbons (Fsp3) is 0.385. The molecule has 0 aliphatic heterocycles. The number of para-hydroxylation sites is 1. The first-order valence-electron chi connectivity index (χ1n) is 6.05. The molecule has 0 saturated heterocycles. The highest BCUT2D eigenvalue weighted by atomic mass is 35.5. The lowest BCUT2D eigenvalue weighted by Gasteiger charge is -2.13. The maximum Gasteiger partial charge on any atom is 0.320 e. The highest BCUT2D eigenvalue weighted by Crippen LogP contribution is 2.19. The highest BCUT2D eigenvalue weighted by molar-refractivity contribution is 6.33. The zero-order valence-corrected chi connectivity index (χ0v) is 11.4. The Morgan fingerprint density at radius 2 is 2.05 bits per heavy atom. The average Bonchev–Trinajstić information content (AvgIpc) is 2.37. The topological polar surface area (TPSA) is 78.4 Å². The van der Waals surface area contributed by atoms with Crippen molar-refractivity contribution < 1.29 is 14.7 Å². The van der Waals surface area contributed by atoms with E-state index < -0.39 is 12.0 Å². The minimum atomic E-state index is -0.951. The van der Waals surface area contributed by atoms with E-state index in [-0.39, 0.29) is 12.5 Å². The average molecular weight is 285 g/mol. The number of hydrogen-bond acceptors (Lipinski definition) is 3. The minimum absolute atomic E-state index is 0.0673. The number of carboxylic acid groups (broad SMARTS) is 1. The molecule has 0 saturated carbocycles. The van der Waals surface area contributed by atoms with Gasteiger partial charge in [0.15, 0.2) is 0 Å². The first kappa shape index (κ1) is 15.5. The van der Waals surface area contributed by atoms with Crippen molar-refractivity contribution in [3.8, 4) is 0 Å². The first-order valence-corrected chi connectivity index (χ1v) is 6.43. The molecule has 0 heterocycles. The molecule has 1 aromatic carbocycles. The second-order valence-corrected chi connectivity index (χ2v) is 4.50. The van der Waals surface area contributed by atoms with Crippen LogP contribution in [-0.2, 0) is 9.59 Å². The summed E-state index contributed by atoms with van der Waals surface area (Å²) in [4.78, 5) is 22.6. The van der Waals surface area contributed by atoms with Crippen LogP contribution in [0.15, 0.2) is 24.3 Å². The second kappa shape index (κ2) is 7.76. The predicted molar refractivity (Wildman–Crippen MR) is 74.4 cm³/mol. The molecule has 0 aliphatic carbocycles. The molecular weight excluding hydrogens is 268 g/mol. The highest BCUT2D eigenvalue weighted by Gasteiger charge is 2.16. The monoisotopic (exact) mass is 284 g/mol. The maximum absolute atomic E-state index is 11.7. The van der Waals surface area contributed by atoms with Crippen LogP contribution >= 0.6 is 11.6 Å². The van der Waals surface area contributed by atoms with Gasteiger partial charge in [0.05, 0.1) is 17.3 Å². The van der Waals surface area contributed by atoms with E-state index in [9.17, 15) is 9.59 Å². The van der Waals surface area contributed by atoms with Gasteiger partial charge >= 0.3 is 5.97 Å². The van der Waals surface area contributed by atoms with Gasteiger partial charge in [0, 0.05) is 0 Å². The Hall–Kier alpha value is -1.59. The summed E-state index contributed by atoms with van der Waals surface area (Å²) in [5, 5.41) is 14.7. The van der Waals surface area contributed by atoms with Gasteiger partial charge < -0.3 is 10.4 Å². The van der Waals surface area contributed by atoms with Crippen LogP contribution in [-0.4, -0.2) is 29.6 Å². The maximum atomic E-state index is 11.7. The number of carbonyl (C=O) groups is 2. The fourth-order valence-electron chi connectivity index (χ4n) is 1.57. The smallest absolute Gasteiger partial charge is 0.320 e. The lowest BCUT2D eigenvalue weighted by Crippen LogP contribution is -2.41. The van der Waals surface area contributed by atoms with Crippen molar-refractivity contribution in [3.05, 3.63) is 29.3 Å². The number of halogens is 1. The summed E-state index contributed by atoms with van der Waals surface area (Å²) in [6.07, 6.45) is 1.21. The number of hydrogen-bond donors (Lipinski definition) is 3. The minimum Gasteiger partial charge on any atom is -0.480 e. The van der Waals surface area contributed by atoms with E-state index >= 15 is 0 Å². The molecule has 1 rings (SSSR count). The Kier molecular flexibility index (Phi) is 6.32. The van der Waals surface area contributed by atoms with E-state index in [0.717, 1.165) is 6.42 Å². The Morgan fingerprint density at radius 3 is 2.63 bits per heavy atom. The molecule has 0 spiro atoms. The lowest BCUT2D eigenvalue weighted by atomic mass is 10.2. The summed E-state index contributed by atoms with van der Waals surface area (Å²) in [6.45, 7) is 1.82. The van der Waals surface area contributed by atoms with Crippen molar-refractivity contribution >= 4 is 29.2 Å². The molecule has 0 bridgehead atoms. The molecule has 3 N–H and O–H groups in total. The summed E-state index contributed by atoms with van der Waals surface area (Å²) in [5.74, 6) is -1.28. The van der Waals surface area contributed by atoms with Crippen LogP contribution < -0.4 is 10.6 Å². The van der Waals surface area contributed by atoms with Crippen LogP contribution in [0.25, 0.3) is 0 Å². The van der Waals surface area contributed by atoms with Gasteiger partial charge in [-0.2, -0.15) is 0 Å². The van der Waals surface area contributed by atoms with Crippen molar-refractivity contribution in [1.82, 2.24) is 5.32 Å². The van der Waals surface area contributed by atoms with Crippen molar-refractivity contribution in [3.63, 3.8) is 0 Å². The molecule has 0 fully saturated rings. The largest absolute Gasteiger partial charge is 0.480 e. The molecule has 0 radical (unpaired) electrons. The molecule has 1 aromatic rings. The van der Waals surface area contributed by atoms with Gasteiger partial charge in [-0.25, -0.2) is 0 Å². The fourth-order valence-corrected chi connectivity index (χ4v) is 1.76. The number of aliphatic carboxylic acids is 1. The normalized spacial score (nSPS) is 11.9. The van der Waals surface area contributed by atoms with E-state index in [1.807, 2.05) is 6.92 Å². The van der Waals surface area contributed by atoms with E-state index in [1.165, 1.54) is 0 Å². The van der Waals surface area contributed by atoms with Crippen LogP contribution in [0.5, 0.6) is 0 Å². The third kappa shape index (κ3) is 5.28. The van der Waals surface area contributed by atoms with Crippen molar-refractivity contribution in [2.24, 2.45) is 0 Å². The number of carbonyl (C=O) groups excluding carboxylic acids is 1. The van der Waals surface area contributed by atoms with Gasteiger partial charge in [0.1, 0.15) is 6.04 Å². The van der Waals surface area contributed by atoms with Gasteiger partial charge in [-0.05, 0) is 18.6 Å². The predicted octanol–water partition coefficient (Wildman–Crippen LogP) is 2.12. The summed E-state index contributed by atoms with van der Waals surface area (Å²) < 4.78 is 0. The first-order chi connectivity index (χ1) is 9.04. The van der Waals surface area contributed by atoms with Crippen LogP contribution in [0.4, 0.5) is 5.69 Å². The molecule has 1 unspecified atom stereocenters. The van der Waals surface area contributed by atoms with E-state index in [1.54, 1.807) is 24.3 Å². The van der Waals surface area contributed by atoms with Crippen LogP contribution in [0.2, 0.25) is 5.02 Å². The van der Waals surface area contributed by atoms with Gasteiger partial charge in [0.25, 0.3) is 0 Å². The quantitative estimate of drug-likeness (QED) is 0.717. The summed E-state index contributed by atoms with van der Waals surface area (Å²) in [5.41, 5.74) is 0.512. The van der Waals surface area contributed by atoms with Crippen LogP contribution in [0.3, 0.4) is 0 Å². The Balaban J connectivity index is 2.47. The Bertz CT molecular complexity index is 451. The standard InChI is InChI=1S/C13H17ClN2O3/c1-2-5-11(13(18)19)15-8-12(17)16-10-7-4-3-6-9(10)14/h3-4,6-7,11,15H,2,5,8H2,1H3,(H,16,17)(H,18,19). The zero-order chi connectivity index (χ0) is 14.3. The van der Waals surface area contributed by atoms with Crippen molar-refractivity contribution in [2.75, 3.05) is 11.9 Å². The third-order valence-corrected chi connectivity index (χ3v) is 2.86. The Labute approximate surface area is 117 Å². The SMILES string of the molecule is CCCC(NCC(=O)Nc1ccccc1Cl)C(=O)O. The molecule has 0 aromatic heterocycles. The molecule has 1 atom stereocenters. The van der Waals surface area contributed by atoms with Gasteiger partial charge in [0.2, 0.25) is 5.91 Å². The number of carboxylic acids is 1. The number of benzene rings is 1. The molecule has 104 valence electrons. The third-order valence-electron chi connectivity index (χ3n) is 2.53. The molecule has 1 amide bonds. The molecule has 6 heteroatoms. The van der Waals surface area contributed by atoms with Crippen LogP contribution in [0, 0.1) is 0 Å². The van der Waals surface area contributed by atoms with E-state index in [4.69, 9.17) is 16.7 Å². The number of anilines is 1. The number of nitrogens with one attached hydrogen (secondary N) is 2. The number of rotatable bonds is 7. The van der Waals surface area contributed by atoms with E-state index in [0.29, 0.717) is 17.1 Å². The van der Waals surface area contributed by atoms with Gasteiger partial charge in [-0.15, -0.1) is 0 Å². The van der Waals surface area contributed by atoms with E-state index in [2.05, 4.69) is 10.6 Å². The van der Waals surface area contributed by atoms with Crippen molar-refractivity contribution in [1.29, 1.82) is 0 Å². The summed E-state index contributed by atoms with van der Waals surface area (Å²) in [6, 6.07) is 6.16. The zero-order valence-electron chi connectivity index (χ0n) is 10.6. The second-order valence-electron chi connectivity index (χ2n) is 4.09. The summed E-state index contributed by atoms with van der Waals surface area (Å²) in [7, 11) is 0. The lowest BCUT2D eigenvalue weighted by molar-refractivity contribution is -0.139. The van der Waals surface area contributed by atoms with Gasteiger partial charge in [-0.1, -0.05) is 37.1 Å². The molecule has 19 heavy (non-hydrogen) atoms. The molecular formula is C13H17ClN2O3. The summed E-state index contributed by atoms with van der Waals surface area (Å²) >= 11 is 5.90. The number of amides is 1. The molecule has 0 aliphatic rings. The van der Waals surface area contributed by atoms with Crippen LogP contribution in [0.1, 0.15) is 19.8 Å². The Morgan fingerprint density at radius 1 is 1.37 bits per heavy atom. The van der Waals surface area contributed by atoms with Crippen molar-refractivity contribution in [2.45, 2.75) is 25.8 Å².